The predicted molar refractivity (Wildman–Crippen MR) is 246 cm³/mol. The molecule has 58 heavy (non-hydrogen) atoms. The van der Waals surface area contributed by atoms with Gasteiger partial charge in [0.25, 0.3) is 0 Å². The summed E-state index contributed by atoms with van der Waals surface area (Å²) in [6.07, 6.45) is 38.2. The Morgan fingerprint density at radius 2 is 1.45 bits per heavy atom. The van der Waals surface area contributed by atoms with Crippen LogP contribution in [-0.2, 0) is 5.41 Å². The summed E-state index contributed by atoms with van der Waals surface area (Å²) in [6.45, 7) is 4.98. The van der Waals surface area contributed by atoms with Crippen LogP contribution < -0.4 is 14.7 Å². The van der Waals surface area contributed by atoms with Crippen molar-refractivity contribution in [2.45, 2.75) is 88.4 Å². The normalized spacial score (nSPS) is 26.1. The second kappa shape index (κ2) is 14.2. The van der Waals surface area contributed by atoms with Crippen molar-refractivity contribution >= 4 is 46.6 Å². The molecule has 0 bridgehead atoms. The predicted octanol–water partition coefficient (Wildman–Crippen LogP) is 13.4. The SMILES string of the molecule is CC1(C)C2=C(CCC(N3c4ccccc4N(C4=CC=CCC4)C4C=CCCC43)C2)c2ccc(/C=C/c3ccc(N4c5ccccc5C=CC5C=CC=CC54)cc3)cc21. The molecule has 288 valence electrons. The third-order valence-electron chi connectivity index (χ3n) is 14.2. The van der Waals surface area contributed by atoms with Crippen LogP contribution in [0.25, 0.3) is 23.8 Å². The lowest BCUT2D eigenvalue weighted by atomic mass is 9.75. The Hall–Kier alpha value is -5.80. The lowest BCUT2D eigenvalue weighted by Crippen LogP contribution is -2.59. The number of fused-ring (bicyclic) bond motifs is 6. The monoisotopic (exact) mass is 755 g/mol. The fourth-order valence-corrected chi connectivity index (χ4v) is 11.4. The first-order chi connectivity index (χ1) is 28.5. The van der Waals surface area contributed by atoms with Crippen LogP contribution >= 0.6 is 0 Å². The first kappa shape index (κ1) is 35.4. The maximum Gasteiger partial charge on any atom is 0.0723 e. The standard InChI is InChI=1S/C55H53N3/c1-55(2)47-36-39(25-24-38-26-31-43(32-27-38)56-49-18-8-6-14-40(49)29-30-41-15-7-9-19-50(41)56)28-34-45(47)46-35-33-44(37-48(46)55)58-53-22-12-10-20-51(53)57(42-16-4-3-5-17-42)52-21-11-13-23-54(52)58/h3-4,6-12,14-16,18-22,24-32,34,36,40,44,49,52,54H,5,13,17,23,33,35,37H2,1-2H3/b25-24+. The Bertz CT molecular complexity index is 2520. The molecular formula is C55H53N3. The van der Waals surface area contributed by atoms with Crippen molar-refractivity contribution in [2.75, 3.05) is 14.7 Å². The van der Waals surface area contributed by atoms with Gasteiger partial charge in [0.05, 0.1) is 29.5 Å². The summed E-state index contributed by atoms with van der Waals surface area (Å²) < 4.78 is 0. The quantitative estimate of drug-likeness (QED) is 0.148. The van der Waals surface area contributed by atoms with Gasteiger partial charge >= 0.3 is 0 Å². The van der Waals surface area contributed by atoms with Crippen molar-refractivity contribution in [1.82, 2.24) is 0 Å². The molecule has 3 heteroatoms. The molecule has 11 rings (SSSR count). The zero-order chi connectivity index (χ0) is 38.8. The van der Waals surface area contributed by atoms with E-state index in [9.17, 15) is 0 Å². The van der Waals surface area contributed by atoms with Gasteiger partial charge in [0.15, 0.2) is 0 Å². The van der Waals surface area contributed by atoms with Gasteiger partial charge in [-0.05, 0) is 115 Å². The molecule has 3 nitrogen and oxygen atoms in total. The minimum absolute atomic E-state index is 0.000205. The Morgan fingerprint density at radius 1 is 0.655 bits per heavy atom. The third-order valence-corrected chi connectivity index (χ3v) is 14.2. The van der Waals surface area contributed by atoms with Gasteiger partial charge in [0, 0.05) is 34.4 Å². The topological polar surface area (TPSA) is 9.72 Å². The van der Waals surface area contributed by atoms with Crippen LogP contribution in [0.4, 0.5) is 22.7 Å². The lowest BCUT2D eigenvalue weighted by molar-refractivity contribution is 0.393. The number of nitrogens with zero attached hydrogens (tertiary/aromatic N) is 3. The molecule has 0 saturated carbocycles. The van der Waals surface area contributed by atoms with Gasteiger partial charge in [0.1, 0.15) is 0 Å². The third kappa shape index (κ3) is 5.84. The smallest absolute Gasteiger partial charge is 0.0723 e. The van der Waals surface area contributed by atoms with E-state index in [4.69, 9.17) is 0 Å². The molecule has 0 N–H and O–H groups in total. The largest absolute Gasteiger partial charge is 0.361 e. The summed E-state index contributed by atoms with van der Waals surface area (Å²) >= 11 is 0. The fourth-order valence-electron chi connectivity index (χ4n) is 11.4. The maximum absolute atomic E-state index is 2.89. The van der Waals surface area contributed by atoms with Crippen molar-refractivity contribution in [1.29, 1.82) is 0 Å². The molecule has 4 aromatic carbocycles. The minimum atomic E-state index is 0.000205. The molecule has 0 amide bonds. The number of hydrogen-bond donors (Lipinski definition) is 0. The van der Waals surface area contributed by atoms with E-state index < -0.39 is 0 Å². The van der Waals surface area contributed by atoms with Crippen LogP contribution in [0.2, 0.25) is 0 Å². The van der Waals surface area contributed by atoms with E-state index in [1.807, 2.05) is 0 Å². The van der Waals surface area contributed by atoms with Crippen LogP contribution in [-0.4, -0.2) is 24.2 Å². The molecule has 2 aliphatic heterocycles. The number of rotatable bonds is 5. The molecule has 0 saturated heterocycles. The number of hydrogen-bond acceptors (Lipinski definition) is 3. The van der Waals surface area contributed by atoms with Gasteiger partial charge in [-0.15, -0.1) is 0 Å². The van der Waals surface area contributed by atoms with Crippen LogP contribution in [0.1, 0.15) is 86.6 Å². The Morgan fingerprint density at radius 3 is 2.31 bits per heavy atom. The molecule has 5 aliphatic carbocycles. The van der Waals surface area contributed by atoms with Gasteiger partial charge in [0.2, 0.25) is 0 Å². The van der Waals surface area contributed by atoms with Crippen LogP contribution in [0.3, 0.4) is 0 Å². The van der Waals surface area contributed by atoms with E-state index in [-0.39, 0.29) is 11.5 Å². The zero-order valence-electron chi connectivity index (χ0n) is 33.8. The Kier molecular flexibility index (Phi) is 8.68. The van der Waals surface area contributed by atoms with E-state index in [0.717, 1.165) is 32.1 Å². The molecule has 2 heterocycles. The molecule has 5 unspecified atom stereocenters. The highest BCUT2D eigenvalue weighted by atomic mass is 15.3. The number of benzene rings is 4. The first-order valence-electron chi connectivity index (χ1n) is 21.8. The number of anilines is 4. The Labute approximate surface area is 345 Å². The van der Waals surface area contributed by atoms with Gasteiger partial charge < -0.3 is 14.7 Å². The van der Waals surface area contributed by atoms with Gasteiger partial charge in [-0.2, -0.15) is 0 Å². The molecule has 0 radical (unpaired) electrons. The second-order valence-electron chi connectivity index (χ2n) is 17.8. The summed E-state index contributed by atoms with van der Waals surface area (Å²) in [7, 11) is 0. The van der Waals surface area contributed by atoms with Crippen molar-refractivity contribution in [3.63, 3.8) is 0 Å². The summed E-state index contributed by atoms with van der Waals surface area (Å²) in [5, 5.41) is 0. The van der Waals surface area contributed by atoms with Gasteiger partial charge in [-0.25, -0.2) is 0 Å². The fraction of sp³-hybridized carbons (Fsp3) is 0.273. The summed E-state index contributed by atoms with van der Waals surface area (Å²) in [5.74, 6) is 0.336. The average molecular weight is 756 g/mol. The highest BCUT2D eigenvalue weighted by Gasteiger charge is 2.47. The molecule has 0 aromatic heterocycles. The number of para-hydroxylation sites is 3. The molecular weight excluding hydrogens is 703 g/mol. The van der Waals surface area contributed by atoms with E-state index in [1.165, 1.54) is 69.1 Å². The van der Waals surface area contributed by atoms with Crippen molar-refractivity contribution in [3.05, 3.63) is 191 Å². The lowest BCUT2D eigenvalue weighted by Gasteiger charge is -2.54. The molecule has 0 fully saturated rings. The highest BCUT2D eigenvalue weighted by Crippen LogP contribution is 2.55. The van der Waals surface area contributed by atoms with Crippen molar-refractivity contribution < 1.29 is 0 Å². The van der Waals surface area contributed by atoms with Crippen LogP contribution in [0.15, 0.2) is 163 Å². The van der Waals surface area contributed by atoms with E-state index in [2.05, 4.69) is 199 Å². The van der Waals surface area contributed by atoms with E-state index in [0.29, 0.717) is 24.0 Å². The summed E-state index contributed by atoms with van der Waals surface area (Å²) in [4.78, 5) is 8.09. The molecule has 0 spiro atoms. The summed E-state index contributed by atoms with van der Waals surface area (Å²) in [6, 6.07) is 36.0. The molecule has 4 aromatic rings. The Balaban J connectivity index is 0.847. The molecule has 5 atom stereocenters. The zero-order valence-corrected chi connectivity index (χ0v) is 33.8. The second-order valence-corrected chi connectivity index (χ2v) is 17.8. The van der Waals surface area contributed by atoms with Gasteiger partial charge in [-0.1, -0.05) is 153 Å². The maximum atomic E-state index is 2.89. The van der Waals surface area contributed by atoms with Crippen LogP contribution in [0.5, 0.6) is 0 Å². The molecule has 7 aliphatic rings. The first-order valence-corrected chi connectivity index (χ1v) is 21.8. The summed E-state index contributed by atoms with van der Waals surface area (Å²) in [5.41, 5.74) is 16.8. The van der Waals surface area contributed by atoms with Gasteiger partial charge in [-0.3, -0.25) is 0 Å². The average Bonchev–Trinajstić information content (AvgIpc) is 3.38. The number of allylic oxidation sites excluding steroid dienone is 8. The van der Waals surface area contributed by atoms with Crippen molar-refractivity contribution in [3.8, 4) is 0 Å². The van der Waals surface area contributed by atoms with E-state index in [1.54, 1.807) is 11.1 Å². The minimum Gasteiger partial charge on any atom is -0.361 e. The van der Waals surface area contributed by atoms with E-state index >= 15 is 0 Å². The van der Waals surface area contributed by atoms with Crippen molar-refractivity contribution in [2.24, 2.45) is 5.92 Å². The highest BCUT2D eigenvalue weighted by molar-refractivity contribution is 5.85. The van der Waals surface area contributed by atoms with Crippen LogP contribution in [0, 0.1) is 5.92 Å².